The van der Waals surface area contributed by atoms with Gasteiger partial charge in [-0.2, -0.15) is 0 Å². The molecule has 2 aromatic carbocycles. The van der Waals surface area contributed by atoms with Gasteiger partial charge in [0.2, 0.25) is 0 Å². The van der Waals surface area contributed by atoms with Gasteiger partial charge in [-0.15, -0.1) is 6.58 Å². The van der Waals surface area contributed by atoms with E-state index < -0.39 is 0 Å². The minimum atomic E-state index is -0.249. The Morgan fingerprint density at radius 1 is 0.818 bits per heavy atom. The number of ether oxygens (including phenoxy) is 3. The van der Waals surface area contributed by atoms with Gasteiger partial charge in [0.1, 0.15) is 5.75 Å². The molecule has 3 heteroatoms. The first-order chi connectivity index (χ1) is 16.3. The molecule has 1 heterocycles. The lowest BCUT2D eigenvalue weighted by atomic mass is 10.0. The first-order valence-corrected chi connectivity index (χ1v) is 13.0. The van der Waals surface area contributed by atoms with Crippen molar-refractivity contribution >= 4 is 0 Å². The number of benzene rings is 2. The van der Waals surface area contributed by atoms with Gasteiger partial charge in [0.05, 0.1) is 19.8 Å². The molecule has 0 saturated carbocycles. The molecule has 3 nitrogen and oxygen atoms in total. The zero-order chi connectivity index (χ0) is 23.1. The molecule has 2 aromatic rings. The van der Waals surface area contributed by atoms with Crippen LogP contribution in [0.1, 0.15) is 83.0 Å². The first kappa shape index (κ1) is 25.5. The summed E-state index contributed by atoms with van der Waals surface area (Å²) in [6.45, 7) is 8.40. The van der Waals surface area contributed by atoms with Crippen molar-refractivity contribution in [2.75, 3.05) is 19.8 Å². The molecule has 0 amide bonds. The van der Waals surface area contributed by atoms with Crippen LogP contribution >= 0.6 is 0 Å². The Morgan fingerprint density at radius 3 is 2.12 bits per heavy atom. The van der Waals surface area contributed by atoms with Crippen LogP contribution in [0.25, 0.3) is 11.1 Å². The summed E-state index contributed by atoms with van der Waals surface area (Å²) in [5, 5.41) is 0. The van der Waals surface area contributed by atoms with Gasteiger partial charge in [-0.1, -0.05) is 87.9 Å². The fraction of sp³-hybridized carbons (Fsp3) is 0.533. The zero-order valence-corrected chi connectivity index (χ0v) is 20.5. The van der Waals surface area contributed by atoms with Crippen LogP contribution in [0, 0.1) is 5.92 Å². The third-order valence-corrected chi connectivity index (χ3v) is 6.37. The average Bonchev–Trinajstić information content (AvgIpc) is 2.87. The summed E-state index contributed by atoms with van der Waals surface area (Å²) >= 11 is 0. The molecule has 0 spiro atoms. The Bertz CT molecular complexity index is 773. The second-order valence-corrected chi connectivity index (χ2v) is 9.20. The summed E-state index contributed by atoms with van der Waals surface area (Å²) in [5.74, 6) is 1.46. The number of unbranched alkanes of at least 4 members (excludes halogenated alkanes) is 7. The molecular weight excluding hydrogens is 408 g/mol. The average molecular weight is 451 g/mol. The van der Waals surface area contributed by atoms with Crippen LogP contribution in [0.5, 0.6) is 5.75 Å². The van der Waals surface area contributed by atoms with Crippen LogP contribution in [-0.2, 0) is 9.47 Å². The molecule has 0 unspecified atom stereocenters. The van der Waals surface area contributed by atoms with Crippen LogP contribution in [0.15, 0.2) is 61.2 Å². The molecule has 0 radical (unpaired) electrons. The van der Waals surface area contributed by atoms with Gasteiger partial charge < -0.3 is 14.2 Å². The fourth-order valence-corrected chi connectivity index (χ4v) is 4.27. The van der Waals surface area contributed by atoms with E-state index in [1.54, 1.807) is 0 Å². The summed E-state index contributed by atoms with van der Waals surface area (Å²) in [6, 6.07) is 16.9. The standard InChI is InChI=1S/C30H42O3/c1-3-5-7-9-10-12-22-31-29-20-18-27(19-21-29)26-14-16-28(17-15-26)30-32-23-25(24-33-30)13-11-8-6-4-2/h4,14-21,25,30H,2-3,5-13,22-24H2,1H3. The van der Waals surface area contributed by atoms with E-state index in [0.717, 1.165) is 50.4 Å². The molecule has 1 fully saturated rings. The van der Waals surface area contributed by atoms with Crippen molar-refractivity contribution < 1.29 is 14.2 Å². The van der Waals surface area contributed by atoms with Gasteiger partial charge in [-0.3, -0.25) is 0 Å². The third kappa shape index (κ3) is 8.98. The second-order valence-electron chi connectivity index (χ2n) is 9.20. The Morgan fingerprint density at radius 2 is 1.45 bits per heavy atom. The van der Waals surface area contributed by atoms with Crippen LogP contribution < -0.4 is 4.74 Å². The van der Waals surface area contributed by atoms with Crippen LogP contribution in [-0.4, -0.2) is 19.8 Å². The molecule has 1 saturated heterocycles. The first-order valence-electron chi connectivity index (χ1n) is 13.0. The van der Waals surface area contributed by atoms with E-state index in [0.29, 0.717) is 5.92 Å². The largest absolute Gasteiger partial charge is 0.494 e. The predicted octanol–water partition coefficient (Wildman–Crippen LogP) is 8.50. The Hall–Kier alpha value is -2.10. The number of allylic oxidation sites excluding steroid dienone is 1. The fourth-order valence-electron chi connectivity index (χ4n) is 4.27. The van der Waals surface area contributed by atoms with Crippen molar-refractivity contribution in [1.82, 2.24) is 0 Å². The predicted molar refractivity (Wildman–Crippen MR) is 138 cm³/mol. The number of hydrogen-bond donors (Lipinski definition) is 0. The van der Waals surface area contributed by atoms with Crippen molar-refractivity contribution in [3.63, 3.8) is 0 Å². The van der Waals surface area contributed by atoms with Gasteiger partial charge in [0, 0.05) is 11.5 Å². The minimum Gasteiger partial charge on any atom is -0.494 e. The summed E-state index contributed by atoms with van der Waals surface area (Å²) in [5.41, 5.74) is 3.47. The Labute approximate surface area is 201 Å². The third-order valence-electron chi connectivity index (χ3n) is 6.37. The van der Waals surface area contributed by atoms with E-state index in [1.807, 2.05) is 6.08 Å². The van der Waals surface area contributed by atoms with Crippen molar-refractivity contribution in [2.24, 2.45) is 5.92 Å². The molecule has 0 bridgehead atoms. The molecule has 0 atom stereocenters. The normalized spacial score (nSPS) is 18.2. The summed E-state index contributed by atoms with van der Waals surface area (Å²) in [4.78, 5) is 0. The van der Waals surface area contributed by atoms with Crippen molar-refractivity contribution in [3.05, 3.63) is 66.7 Å². The maximum Gasteiger partial charge on any atom is 0.183 e. The van der Waals surface area contributed by atoms with E-state index in [4.69, 9.17) is 14.2 Å². The van der Waals surface area contributed by atoms with Gasteiger partial charge in [-0.05, 0) is 48.9 Å². The van der Waals surface area contributed by atoms with Crippen LogP contribution in [0.3, 0.4) is 0 Å². The highest BCUT2D eigenvalue weighted by atomic mass is 16.7. The topological polar surface area (TPSA) is 27.7 Å². The Balaban J connectivity index is 1.39. The van der Waals surface area contributed by atoms with E-state index >= 15 is 0 Å². The molecular formula is C30H42O3. The smallest absolute Gasteiger partial charge is 0.183 e. The van der Waals surface area contributed by atoms with Gasteiger partial charge in [0.15, 0.2) is 6.29 Å². The lowest BCUT2D eigenvalue weighted by Gasteiger charge is -2.29. The maximum atomic E-state index is 6.01. The monoisotopic (exact) mass is 450 g/mol. The summed E-state index contributed by atoms with van der Waals surface area (Å²) < 4.78 is 17.9. The molecule has 0 N–H and O–H groups in total. The lowest BCUT2D eigenvalue weighted by molar-refractivity contribution is -0.206. The molecule has 0 aliphatic carbocycles. The highest BCUT2D eigenvalue weighted by Crippen LogP contribution is 2.29. The van der Waals surface area contributed by atoms with Crippen molar-refractivity contribution in [2.45, 2.75) is 77.4 Å². The number of rotatable bonds is 15. The number of hydrogen-bond acceptors (Lipinski definition) is 3. The van der Waals surface area contributed by atoms with Crippen molar-refractivity contribution in [1.29, 1.82) is 0 Å². The molecule has 3 rings (SSSR count). The van der Waals surface area contributed by atoms with Gasteiger partial charge >= 0.3 is 0 Å². The molecule has 1 aliphatic heterocycles. The molecule has 33 heavy (non-hydrogen) atoms. The van der Waals surface area contributed by atoms with Crippen LogP contribution in [0.2, 0.25) is 0 Å². The van der Waals surface area contributed by atoms with Crippen molar-refractivity contribution in [3.8, 4) is 16.9 Å². The molecule has 1 aliphatic rings. The van der Waals surface area contributed by atoms with Gasteiger partial charge in [0.25, 0.3) is 0 Å². The molecule has 180 valence electrons. The van der Waals surface area contributed by atoms with Crippen LogP contribution in [0.4, 0.5) is 0 Å². The lowest BCUT2D eigenvalue weighted by Crippen LogP contribution is -2.27. The van der Waals surface area contributed by atoms with E-state index in [1.165, 1.54) is 56.1 Å². The summed E-state index contributed by atoms with van der Waals surface area (Å²) in [7, 11) is 0. The maximum absolute atomic E-state index is 6.01. The quantitative estimate of drug-likeness (QED) is 0.201. The van der Waals surface area contributed by atoms with E-state index in [-0.39, 0.29) is 6.29 Å². The SMILES string of the molecule is C=CCCCCC1COC(c2ccc(-c3ccc(OCCCCCCCC)cc3)cc2)OC1. The minimum absolute atomic E-state index is 0.249. The zero-order valence-electron chi connectivity index (χ0n) is 20.5. The highest BCUT2D eigenvalue weighted by molar-refractivity contribution is 5.64. The van der Waals surface area contributed by atoms with Gasteiger partial charge in [-0.25, -0.2) is 0 Å². The second kappa shape index (κ2) is 14.9. The Kier molecular flexibility index (Phi) is 11.5. The van der Waals surface area contributed by atoms with E-state index in [2.05, 4.69) is 62.0 Å². The highest BCUT2D eigenvalue weighted by Gasteiger charge is 2.23. The summed E-state index contributed by atoms with van der Waals surface area (Å²) in [6.07, 6.45) is 14.1. The molecule has 0 aromatic heterocycles. The van der Waals surface area contributed by atoms with E-state index in [9.17, 15) is 0 Å².